The van der Waals surface area contributed by atoms with E-state index in [-0.39, 0.29) is 39.9 Å². The molecule has 0 N–H and O–H groups in total. The number of rotatable bonds is 1. The van der Waals surface area contributed by atoms with Crippen molar-refractivity contribution < 1.29 is 42.5 Å². The third-order valence-corrected chi connectivity index (χ3v) is 4.73. The molecule has 5 heteroatoms. The molecule has 0 radical (unpaired) electrons. The molecule has 0 spiro atoms. The second-order valence-corrected chi connectivity index (χ2v) is 9.12. The van der Waals surface area contributed by atoms with Crippen LogP contribution in [0.4, 0.5) is 0 Å². The Morgan fingerprint density at radius 1 is 0.913 bits per heavy atom. The van der Waals surface area contributed by atoms with Gasteiger partial charge in [0.2, 0.25) is 0 Å². The molecule has 0 amide bonds. The first-order chi connectivity index (χ1) is 9.83. The SMILES string of the molecule is CC(C)(C)c1cc2ccccc2c(S(=O)(=O)[O-])c1C(C)(C)C.[Na+]. The van der Waals surface area contributed by atoms with E-state index in [1.54, 1.807) is 12.1 Å². The van der Waals surface area contributed by atoms with Crippen LogP contribution in [0.5, 0.6) is 0 Å². The first kappa shape index (κ1) is 20.7. The number of benzene rings is 2. The molecular weight excluding hydrogens is 319 g/mol. The average Bonchev–Trinajstić information content (AvgIpc) is 2.33. The summed E-state index contributed by atoms with van der Waals surface area (Å²) in [6.45, 7) is 11.9. The van der Waals surface area contributed by atoms with Gasteiger partial charge in [-0.3, -0.25) is 0 Å². The molecule has 0 unspecified atom stereocenters. The van der Waals surface area contributed by atoms with E-state index in [1.165, 1.54) is 0 Å². The third-order valence-electron chi connectivity index (χ3n) is 3.81. The van der Waals surface area contributed by atoms with E-state index in [1.807, 2.05) is 59.7 Å². The van der Waals surface area contributed by atoms with E-state index in [0.29, 0.717) is 10.9 Å². The van der Waals surface area contributed by atoms with Gasteiger partial charge < -0.3 is 4.55 Å². The fourth-order valence-corrected chi connectivity index (χ4v) is 4.03. The summed E-state index contributed by atoms with van der Waals surface area (Å²) in [5.74, 6) is 0. The third kappa shape index (κ3) is 4.18. The zero-order valence-electron chi connectivity index (χ0n) is 15.0. The summed E-state index contributed by atoms with van der Waals surface area (Å²) in [4.78, 5) is -0.0666. The Bertz CT molecular complexity index is 826. The van der Waals surface area contributed by atoms with E-state index in [9.17, 15) is 13.0 Å². The van der Waals surface area contributed by atoms with Crippen molar-refractivity contribution in [2.24, 2.45) is 0 Å². The van der Waals surface area contributed by atoms with Crippen molar-refractivity contribution in [2.45, 2.75) is 57.3 Å². The van der Waals surface area contributed by atoms with Gasteiger partial charge in [-0.25, -0.2) is 8.42 Å². The Labute approximate surface area is 161 Å². The fraction of sp³-hybridized carbons (Fsp3) is 0.444. The molecule has 0 fully saturated rings. The van der Waals surface area contributed by atoms with Gasteiger partial charge in [-0.2, -0.15) is 0 Å². The Balaban J connectivity index is 0.00000264. The van der Waals surface area contributed by atoms with Crippen LogP contribution in [-0.2, 0) is 20.9 Å². The van der Waals surface area contributed by atoms with Crippen LogP contribution in [0.15, 0.2) is 35.2 Å². The molecule has 0 saturated heterocycles. The number of fused-ring (bicyclic) bond motifs is 1. The Morgan fingerprint density at radius 3 is 1.87 bits per heavy atom. The molecule has 0 heterocycles. The van der Waals surface area contributed by atoms with Gasteiger partial charge >= 0.3 is 29.6 Å². The van der Waals surface area contributed by atoms with Crippen LogP contribution >= 0.6 is 0 Å². The van der Waals surface area contributed by atoms with Crippen LogP contribution in [0, 0.1) is 0 Å². The Morgan fingerprint density at radius 2 is 1.43 bits per heavy atom. The van der Waals surface area contributed by atoms with Crippen molar-refractivity contribution in [1.29, 1.82) is 0 Å². The second kappa shape index (κ2) is 6.49. The molecule has 23 heavy (non-hydrogen) atoms. The van der Waals surface area contributed by atoms with Crippen LogP contribution in [0.1, 0.15) is 52.7 Å². The van der Waals surface area contributed by atoms with E-state index in [0.717, 1.165) is 10.9 Å². The molecule has 0 aliphatic rings. The molecule has 0 aliphatic heterocycles. The maximum absolute atomic E-state index is 12.0. The minimum Gasteiger partial charge on any atom is -0.744 e. The average molecular weight is 342 g/mol. The monoisotopic (exact) mass is 342 g/mol. The van der Waals surface area contributed by atoms with Crippen molar-refractivity contribution in [1.82, 2.24) is 0 Å². The zero-order valence-corrected chi connectivity index (χ0v) is 17.8. The van der Waals surface area contributed by atoms with Crippen LogP contribution in [0.3, 0.4) is 0 Å². The van der Waals surface area contributed by atoms with Crippen LogP contribution in [0.2, 0.25) is 0 Å². The van der Waals surface area contributed by atoms with E-state index >= 15 is 0 Å². The van der Waals surface area contributed by atoms with Crippen LogP contribution in [0.25, 0.3) is 10.8 Å². The van der Waals surface area contributed by atoms with Gasteiger partial charge in [0, 0.05) is 0 Å². The van der Waals surface area contributed by atoms with Gasteiger partial charge in [0.05, 0.1) is 4.90 Å². The minimum absolute atomic E-state index is 0. The summed E-state index contributed by atoms with van der Waals surface area (Å²) in [6, 6.07) is 9.20. The van der Waals surface area contributed by atoms with Crippen molar-refractivity contribution in [3.05, 3.63) is 41.5 Å². The van der Waals surface area contributed by atoms with Crippen LogP contribution in [-0.4, -0.2) is 13.0 Å². The largest absolute Gasteiger partial charge is 1.00 e. The van der Waals surface area contributed by atoms with E-state index < -0.39 is 15.5 Å². The molecule has 0 aliphatic carbocycles. The first-order valence-electron chi connectivity index (χ1n) is 7.36. The minimum atomic E-state index is -4.58. The summed E-state index contributed by atoms with van der Waals surface area (Å²) in [5.41, 5.74) is 0.841. The second-order valence-electron chi connectivity index (χ2n) is 7.80. The molecule has 3 nitrogen and oxygen atoms in total. The smallest absolute Gasteiger partial charge is 0.744 e. The van der Waals surface area contributed by atoms with Gasteiger partial charge in [-0.05, 0) is 32.7 Å². The summed E-state index contributed by atoms with van der Waals surface area (Å²) < 4.78 is 36.1. The maximum atomic E-state index is 12.0. The van der Waals surface area contributed by atoms with Gasteiger partial charge in [0.1, 0.15) is 10.1 Å². The normalized spacial score (nSPS) is 13.0. The Hall–Kier alpha value is -0.390. The summed E-state index contributed by atoms with van der Waals surface area (Å²) in [5, 5.41) is 1.30. The molecule has 0 saturated carbocycles. The first-order valence-corrected chi connectivity index (χ1v) is 8.77. The molecular formula is C18H23NaO3S. The fourth-order valence-electron chi connectivity index (χ4n) is 2.91. The molecule has 2 aromatic carbocycles. The standard InChI is InChI=1S/C18H24O3S.Na/c1-17(2,3)14-11-12-9-7-8-10-13(12)16(22(19,20)21)15(14)18(4,5)6;/h7-11H,1-6H3,(H,19,20,21);/q;+1/p-1. The maximum Gasteiger partial charge on any atom is 1.00 e. The predicted molar refractivity (Wildman–Crippen MR) is 89.3 cm³/mol. The van der Waals surface area contributed by atoms with Gasteiger partial charge in [-0.1, -0.05) is 71.9 Å². The molecule has 2 rings (SSSR count). The summed E-state index contributed by atoms with van der Waals surface area (Å²) >= 11 is 0. The zero-order chi connectivity index (χ0) is 16.9. The predicted octanol–water partition coefficient (Wildman–Crippen LogP) is 1.34. The molecule has 0 aromatic heterocycles. The van der Waals surface area contributed by atoms with Gasteiger partial charge in [-0.15, -0.1) is 0 Å². The van der Waals surface area contributed by atoms with E-state index in [4.69, 9.17) is 0 Å². The molecule has 0 atom stereocenters. The van der Waals surface area contributed by atoms with E-state index in [2.05, 4.69) is 0 Å². The van der Waals surface area contributed by atoms with Gasteiger partial charge in [0.25, 0.3) is 0 Å². The van der Waals surface area contributed by atoms with Gasteiger partial charge in [0.15, 0.2) is 0 Å². The summed E-state index contributed by atoms with van der Waals surface area (Å²) in [7, 11) is -4.58. The van der Waals surface area contributed by atoms with Crippen molar-refractivity contribution in [2.75, 3.05) is 0 Å². The van der Waals surface area contributed by atoms with Crippen molar-refractivity contribution in [3.8, 4) is 0 Å². The molecule has 120 valence electrons. The van der Waals surface area contributed by atoms with Crippen molar-refractivity contribution in [3.63, 3.8) is 0 Å². The summed E-state index contributed by atoms with van der Waals surface area (Å²) in [6.07, 6.45) is 0. The number of hydrogen-bond donors (Lipinski definition) is 0. The van der Waals surface area contributed by atoms with Crippen molar-refractivity contribution >= 4 is 20.9 Å². The van der Waals surface area contributed by atoms with Crippen LogP contribution < -0.4 is 29.6 Å². The Kier molecular flexibility index (Phi) is 5.83. The topological polar surface area (TPSA) is 57.2 Å². The molecule has 0 bridgehead atoms. The number of hydrogen-bond acceptors (Lipinski definition) is 3. The quantitative estimate of drug-likeness (QED) is 0.580. The molecule has 2 aromatic rings.